The van der Waals surface area contributed by atoms with Gasteiger partial charge in [0.15, 0.2) is 0 Å². The van der Waals surface area contributed by atoms with E-state index in [4.69, 9.17) is 5.73 Å². The van der Waals surface area contributed by atoms with E-state index >= 15 is 0 Å². The topological polar surface area (TPSA) is 173 Å². The SMILES string of the molecule is CC(C)[C@H](N)C(=O)NCC(=O)NC[C@H](O)CP(=O)(O)CC1CCCCC1.O. The molecule has 10 heteroatoms. The van der Waals surface area contributed by atoms with Gasteiger partial charge in [0.1, 0.15) is 0 Å². The number of nitrogens with one attached hydrogen (secondary N) is 2. The summed E-state index contributed by atoms with van der Waals surface area (Å²) in [7, 11) is -3.42. The number of carbonyl (C=O) groups is 2. The second-order valence-electron chi connectivity index (χ2n) is 7.66. The molecular weight excluding hydrogens is 373 g/mol. The van der Waals surface area contributed by atoms with E-state index < -0.39 is 31.3 Å². The van der Waals surface area contributed by atoms with Gasteiger partial charge in [-0.15, -0.1) is 0 Å². The van der Waals surface area contributed by atoms with Crippen LogP contribution in [0.2, 0.25) is 0 Å². The standard InChI is InChI=1S/C17H34N3O5P.H2O/c1-12(2)16(18)17(23)20-9-15(22)19-8-14(21)11-26(24,25)10-13-6-4-3-5-7-13;/h12-14,16,21H,3-11,18H2,1-2H3,(H,19,22)(H,20,23)(H,24,25);1H2/t14-,16-;/m0./s1. The molecule has 0 aromatic heterocycles. The lowest BCUT2D eigenvalue weighted by atomic mass is 9.91. The molecular formula is C17H36N3O6P. The Morgan fingerprint density at radius 3 is 2.33 bits per heavy atom. The maximum Gasteiger partial charge on any atom is 0.239 e. The molecule has 8 N–H and O–H groups in total. The first kappa shape index (κ1) is 26.0. The normalized spacial score (nSPS) is 19.5. The Hall–Kier alpha value is -0.990. The molecule has 1 saturated carbocycles. The molecule has 0 bridgehead atoms. The molecule has 27 heavy (non-hydrogen) atoms. The highest BCUT2D eigenvalue weighted by Crippen LogP contribution is 2.45. The number of aliphatic hydroxyl groups excluding tert-OH is 1. The van der Waals surface area contributed by atoms with Crippen LogP contribution in [0.4, 0.5) is 0 Å². The van der Waals surface area contributed by atoms with Crippen molar-refractivity contribution in [2.45, 2.75) is 58.1 Å². The number of amides is 2. The van der Waals surface area contributed by atoms with Crippen molar-refractivity contribution in [3.8, 4) is 0 Å². The smallest absolute Gasteiger partial charge is 0.239 e. The van der Waals surface area contributed by atoms with E-state index in [2.05, 4.69) is 10.6 Å². The predicted molar refractivity (Wildman–Crippen MR) is 105 cm³/mol. The first-order valence-electron chi connectivity index (χ1n) is 9.39. The fourth-order valence-corrected chi connectivity index (χ4v) is 5.23. The van der Waals surface area contributed by atoms with Crippen molar-refractivity contribution >= 4 is 19.2 Å². The summed E-state index contributed by atoms with van der Waals surface area (Å²) in [5.74, 6) is -0.680. The van der Waals surface area contributed by atoms with Gasteiger partial charge < -0.3 is 31.8 Å². The molecule has 1 rings (SSSR count). The van der Waals surface area contributed by atoms with E-state index in [0.717, 1.165) is 25.7 Å². The van der Waals surface area contributed by atoms with Gasteiger partial charge in [0.05, 0.1) is 24.9 Å². The highest BCUT2D eigenvalue weighted by molar-refractivity contribution is 7.58. The van der Waals surface area contributed by atoms with E-state index in [-0.39, 0.29) is 42.7 Å². The zero-order valence-electron chi connectivity index (χ0n) is 16.3. The molecule has 0 heterocycles. The molecule has 1 aliphatic rings. The molecule has 0 radical (unpaired) electrons. The molecule has 9 nitrogen and oxygen atoms in total. The van der Waals surface area contributed by atoms with Crippen molar-refractivity contribution < 1.29 is 29.6 Å². The average molecular weight is 409 g/mol. The van der Waals surface area contributed by atoms with Gasteiger partial charge >= 0.3 is 0 Å². The Bertz CT molecular complexity index is 511. The summed E-state index contributed by atoms with van der Waals surface area (Å²) in [6, 6.07) is -0.687. The van der Waals surface area contributed by atoms with Crippen LogP contribution < -0.4 is 16.4 Å². The Labute approximate surface area is 161 Å². The monoisotopic (exact) mass is 409 g/mol. The minimum atomic E-state index is -3.42. The number of nitrogens with two attached hydrogens (primary N) is 1. The van der Waals surface area contributed by atoms with Crippen LogP contribution in [0.15, 0.2) is 0 Å². The summed E-state index contributed by atoms with van der Waals surface area (Å²) in [6.45, 7) is 3.24. The Balaban J connectivity index is 0.00000676. The Kier molecular flexibility index (Phi) is 12.0. The van der Waals surface area contributed by atoms with Crippen LogP contribution in [-0.2, 0) is 14.2 Å². The number of aliphatic hydroxyl groups is 1. The summed E-state index contributed by atoms with van der Waals surface area (Å²) < 4.78 is 12.3. The third-order valence-corrected chi connectivity index (χ3v) is 6.82. The largest absolute Gasteiger partial charge is 0.412 e. The lowest BCUT2D eigenvalue weighted by Crippen LogP contribution is -2.48. The number of hydrogen-bond donors (Lipinski definition) is 5. The second-order valence-corrected chi connectivity index (χ2v) is 10.1. The summed E-state index contributed by atoms with van der Waals surface area (Å²) in [6.07, 6.45) is 4.22. The van der Waals surface area contributed by atoms with Crippen molar-refractivity contribution in [3.63, 3.8) is 0 Å². The summed E-state index contributed by atoms with van der Waals surface area (Å²) in [5, 5.41) is 14.8. The number of carbonyl (C=O) groups excluding carboxylic acids is 2. The summed E-state index contributed by atoms with van der Waals surface area (Å²) in [4.78, 5) is 33.5. The van der Waals surface area contributed by atoms with E-state index in [1.807, 2.05) is 0 Å². The van der Waals surface area contributed by atoms with E-state index in [9.17, 15) is 24.2 Å². The fraction of sp³-hybridized carbons (Fsp3) is 0.882. The van der Waals surface area contributed by atoms with Crippen LogP contribution in [0.1, 0.15) is 46.0 Å². The van der Waals surface area contributed by atoms with Gasteiger partial charge in [-0.2, -0.15) is 0 Å². The first-order valence-corrected chi connectivity index (χ1v) is 11.4. The lowest BCUT2D eigenvalue weighted by Gasteiger charge is -2.25. The van der Waals surface area contributed by atoms with Crippen molar-refractivity contribution in [3.05, 3.63) is 0 Å². The van der Waals surface area contributed by atoms with E-state index in [1.165, 1.54) is 6.42 Å². The quantitative estimate of drug-likeness (QED) is 0.307. The van der Waals surface area contributed by atoms with Gasteiger partial charge in [0.2, 0.25) is 19.2 Å². The van der Waals surface area contributed by atoms with Crippen LogP contribution in [0.5, 0.6) is 0 Å². The number of rotatable bonds is 10. The highest BCUT2D eigenvalue weighted by Gasteiger charge is 2.28. The zero-order chi connectivity index (χ0) is 19.7. The fourth-order valence-electron chi connectivity index (χ4n) is 3.12. The van der Waals surface area contributed by atoms with Crippen LogP contribution >= 0.6 is 7.37 Å². The van der Waals surface area contributed by atoms with Crippen LogP contribution in [0.3, 0.4) is 0 Å². The molecule has 2 amide bonds. The van der Waals surface area contributed by atoms with Gasteiger partial charge in [-0.3, -0.25) is 14.2 Å². The van der Waals surface area contributed by atoms with Crippen LogP contribution in [0, 0.1) is 11.8 Å². The maximum atomic E-state index is 12.3. The molecule has 0 spiro atoms. The molecule has 3 atom stereocenters. The zero-order valence-corrected chi connectivity index (χ0v) is 17.2. The molecule has 0 aliphatic heterocycles. The number of hydrogen-bond acceptors (Lipinski definition) is 5. The van der Waals surface area contributed by atoms with Gasteiger partial charge in [-0.05, 0) is 24.7 Å². The maximum absolute atomic E-state index is 12.3. The predicted octanol–water partition coefficient (Wildman–Crippen LogP) is -0.411. The van der Waals surface area contributed by atoms with Crippen molar-refractivity contribution in [2.75, 3.05) is 25.4 Å². The Morgan fingerprint density at radius 2 is 1.78 bits per heavy atom. The minimum Gasteiger partial charge on any atom is -0.412 e. The molecule has 1 fully saturated rings. The van der Waals surface area contributed by atoms with Crippen molar-refractivity contribution in [2.24, 2.45) is 17.6 Å². The molecule has 160 valence electrons. The van der Waals surface area contributed by atoms with Crippen molar-refractivity contribution in [1.82, 2.24) is 10.6 Å². The second kappa shape index (κ2) is 12.5. The highest BCUT2D eigenvalue weighted by atomic mass is 31.2. The minimum absolute atomic E-state index is 0. The summed E-state index contributed by atoms with van der Waals surface area (Å²) in [5.41, 5.74) is 5.67. The molecule has 1 aliphatic carbocycles. The molecule has 0 aromatic carbocycles. The van der Waals surface area contributed by atoms with Crippen LogP contribution in [0.25, 0.3) is 0 Å². The van der Waals surface area contributed by atoms with Gasteiger partial charge in [0, 0.05) is 12.7 Å². The molecule has 1 unspecified atom stereocenters. The van der Waals surface area contributed by atoms with Crippen molar-refractivity contribution in [1.29, 1.82) is 0 Å². The Morgan fingerprint density at radius 1 is 1.19 bits per heavy atom. The molecule has 0 saturated heterocycles. The van der Waals surface area contributed by atoms with Crippen LogP contribution in [-0.4, -0.2) is 64.8 Å². The lowest BCUT2D eigenvalue weighted by molar-refractivity contribution is -0.127. The van der Waals surface area contributed by atoms with Gasteiger partial charge in [-0.25, -0.2) is 0 Å². The van der Waals surface area contributed by atoms with Gasteiger partial charge in [-0.1, -0.05) is 33.1 Å². The summed E-state index contributed by atoms with van der Waals surface area (Å²) >= 11 is 0. The third kappa shape index (κ3) is 10.8. The molecule has 0 aromatic rings. The average Bonchev–Trinajstić information content (AvgIpc) is 2.57. The first-order chi connectivity index (χ1) is 12.1. The third-order valence-electron chi connectivity index (χ3n) is 4.74. The van der Waals surface area contributed by atoms with E-state index in [1.54, 1.807) is 13.8 Å². The van der Waals surface area contributed by atoms with E-state index in [0.29, 0.717) is 0 Å². The van der Waals surface area contributed by atoms with Gasteiger partial charge in [0.25, 0.3) is 0 Å².